The van der Waals surface area contributed by atoms with Gasteiger partial charge in [0.1, 0.15) is 6.33 Å². The van der Waals surface area contributed by atoms with E-state index in [4.69, 9.17) is 5.11 Å². The number of carbonyl (C=O) groups is 1. The first-order valence-corrected chi connectivity index (χ1v) is 3.02. The van der Waals surface area contributed by atoms with E-state index < -0.39 is 6.09 Å². The van der Waals surface area contributed by atoms with Crippen molar-refractivity contribution in [2.75, 3.05) is 0 Å². The van der Waals surface area contributed by atoms with E-state index in [0.717, 1.165) is 4.57 Å². The third-order valence-electron chi connectivity index (χ3n) is 0.725. The van der Waals surface area contributed by atoms with Gasteiger partial charge in [-0.15, -0.1) is 0 Å². The van der Waals surface area contributed by atoms with E-state index in [9.17, 15) is 4.79 Å². The first-order chi connectivity index (χ1) is 4.80. The van der Waals surface area contributed by atoms with Crippen LogP contribution in [-0.4, -0.2) is 20.8 Å². The van der Waals surface area contributed by atoms with Crippen molar-refractivity contribution in [1.82, 2.24) is 9.55 Å². The fraction of sp³-hybridized carbons (Fsp3) is 0.333. The highest BCUT2D eigenvalue weighted by molar-refractivity contribution is 5.67. The highest BCUT2D eigenvalue weighted by atomic mass is 16.4. The third kappa shape index (κ3) is 2.30. The molecule has 1 rings (SSSR count). The molecule has 0 atom stereocenters. The quantitative estimate of drug-likeness (QED) is 0.596. The van der Waals surface area contributed by atoms with Crippen LogP contribution in [0, 0.1) is 0 Å². The summed E-state index contributed by atoms with van der Waals surface area (Å²) in [6.07, 6.45) is 2.99. The molecule has 0 amide bonds. The number of hydrogen-bond acceptors (Lipinski definition) is 2. The molecule has 1 N–H and O–H groups in total. The van der Waals surface area contributed by atoms with Gasteiger partial charge in [-0.1, -0.05) is 13.8 Å². The van der Waals surface area contributed by atoms with E-state index in [1.807, 2.05) is 13.8 Å². The molecule has 0 bridgehead atoms. The SMILES string of the molecule is CC.O=C(O)n1ccnc1. The summed E-state index contributed by atoms with van der Waals surface area (Å²) in [6.45, 7) is 4.00. The van der Waals surface area contributed by atoms with Gasteiger partial charge in [-0.2, -0.15) is 0 Å². The number of nitrogens with zero attached hydrogens (tertiary/aromatic N) is 2. The minimum Gasteiger partial charge on any atom is -0.464 e. The molecule has 0 aliphatic rings. The van der Waals surface area contributed by atoms with Crippen LogP contribution in [0.3, 0.4) is 0 Å². The van der Waals surface area contributed by atoms with E-state index in [1.54, 1.807) is 0 Å². The monoisotopic (exact) mass is 142 g/mol. The Labute approximate surface area is 59.1 Å². The minimum atomic E-state index is -1.01. The Kier molecular flexibility index (Phi) is 3.95. The third-order valence-corrected chi connectivity index (χ3v) is 0.725. The van der Waals surface area contributed by atoms with Crippen LogP contribution in [0.15, 0.2) is 18.7 Å². The van der Waals surface area contributed by atoms with Gasteiger partial charge in [-0.05, 0) is 0 Å². The van der Waals surface area contributed by atoms with Gasteiger partial charge in [0, 0.05) is 12.4 Å². The van der Waals surface area contributed by atoms with E-state index >= 15 is 0 Å². The fourth-order valence-electron chi connectivity index (χ4n) is 0.372. The van der Waals surface area contributed by atoms with Gasteiger partial charge in [0.25, 0.3) is 0 Å². The normalized spacial score (nSPS) is 7.80. The van der Waals surface area contributed by atoms with Crippen molar-refractivity contribution in [2.24, 2.45) is 0 Å². The van der Waals surface area contributed by atoms with Crippen molar-refractivity contribution < 1.29 is 9.90 Å². The number of rotatable bonds is 0. The Hall–Kier alpha value is -1.32. The average Bonchev–Trinajstić information content (AvgIpc) is 2.42. The summed E-state index contributed by atoms with van der Waals surface area (Å²) in [4.78, 5) is 13.5. The van der Waals surface area contributed by atoms with Crippen molar-refractivity contribution >= 4 is 6.09 Å². The first-order valence-electron chi connectivity index (χ1n) is 3.02. The molecule has 0 fully saturated rings. The van der Waals surface area contributed by atoms with Gasteiger partial charge >= 0.3 is 6.09 Å². The molecule has 0 aliphatic carbocycles. The molecule has 0 saturated heterocycles. The maximum Gasteiger partial charge on any atom is 0.416 e. The smallest absolute Gasteiger partial charge is 0.416 e. The van der Waals surface area contributed by atoms with Gasteiger partial charge in [-0.3, -0.25) is 0 Å². The molecule has 10 heavy (non-hydrogen) atoms. The molecule has 1 aromatic rings. The highest BCUT2D eigenvalue weighted by Gasteiger charge is 1.94. The predicted molar refractivity (Wildman–Crippen MR) is 37.0 cm³/mol. The zero-order valence-electron chi connectivity index (χ0n) is 5.98. The van der Waals surface area contributed by atoms with Crippen molar-refractivity contribution in [3.63, 3.8) is 0 Å². The number of carboxylic acid groups (broad SMARTS) is 1. The molecule has 0 radical (unpaired) electrons. The molecule has 4 heteroatoms. The lowest BCUT2D eigenvalue weighted by molar-refractivity contribution is 0.196. The molecule has 56 valence electrons. The van der Waals surface area contributed by atoms with Crippen molar-refractivity contribution in [3.05, 3.63) is 18.7 Å². The number of imidazole rings is 1. The van der Waals surface area contributed by atoms with Crippen LogP contribution in [0.2, 0.25) is 0 Å². The van der Waals surface area contributed by atoms with Gasteiger partial charge in [0.05, 0.1) is 0 Å². The molecule has 1 aromatic heterocycles. The van der Waals surface area contributed by atoms with E-state index in [2.05, 4.69) is 4.98 Å². The van der Waals surface area contributed by atoms with Crippen LogP contribution >= 0.6 is 0 Å². The summed E-state index contributed by atoms with van der Waals surface area (Å²) in [5, 5.41) is 8.20. The zero-order valence-corrected chi connectivity index (χ0v) is 5.98. The molecule has 0 spiro atoms. The summed E-state index contributed by atoms with van der Waals surface area (Å²) >= 11 is 0. The molecule has 4 nitrogen and oxygen atoms in total. The van der Waals surface area contributed by atoms with E-state index in [1.165, 1.54) is 18.7 Å². The maximum absolute atomic E-state index is 9.98. The molecule has 0 unspecified atom stereocenters. The summed E-state index contributed by atoms with van der Waals surface area (Å²) < 4.78 is 0.972. The lowest BCUT2D eigenvalue weighted by Gasteiger charge is -1.85. The second-order valence-electron chi connectivity index (χ2n) is 1.25. The largest absolute Gasteiger partial charge is 0.464 e. The highest BCUT2D eigenvalue weighted by Crippen LogP contribution is 1.81. The van der Waals surface area contributed by atoms with Crippen LogP contribution in [-0.2, 0) is 0 Å². The van der Waals surface area contributed by atoms with Crippen molar-refractivity contribution in [2.45, 2.75) is 13.8 Å². The van der Waals surface area contributed by atoms with Crippen LogP contribution < -0.4 is 0 Å². The van der Waals surface area contributed by atoms with Gasteiger partial charge in [-0.25, -0.2) is 14.3 Å². The minimum absolute atomic E-state index is 0.972. The van der Waals surface area contributed by atoms with Gasteiger partial charge in [0.2, 0.25) is 0 Å². The van der Waals surface area contributed by atoms with Gasteiger partial charge < -0.3 is 5.11 Å². The summed E-state index contributed by atoms with van der Waals surface area (Å²) in [5.41, 5.74) is 0. The van der Waals surface area contributed by atoms with Crippen LogP contribution in [0.1, 0.15) is 13.8 Å². The van der Waals surface area contributed by atoms with Crippen LogP contribution in [0.25, 0.3) is 0 Å². The molecular weight excluding hydrogens is 132 g/mol. The van der Waals surface area contributed by atoms with Gasteiger partial charge in [0.15, 0.2) is 0 Å². The Morgan fingerprint density at radius 1 is 1.60 bits per heavy atom. The van der Waals surface area contributed by atoms with E-state index in [-0.39, 0.29) is 0 Å². The Bertz CT molecular complexity index is 182. The molecule has 1 heterocycles. The summed E-state index contributed by atoms with van der Waals surface area (Å²) in [5.74, 6) is 0. The molecule has 0 saturated carbocycles. The Morgan fingerprint density at radius 3 is 2.40 bits per heavy atom. The Morgan fingerprint density at radius 2 is 2.20 bits per heavy atom. The molecular formula is C6H10N2O2. The molecule has 0 aromatic carbocycles. The molecule has 0 aliphatic heterocycles. The summed E-state index contributed by atoms with van der Waals surface area (Å²) in [6, 6.07) is 0. The average molecular weight is 142 g/mol. The fourth-order valence-corrected chi connectivity index (χ4v) is 0.372. The summed E-state index contributed by atoms with van der Waals surface area (Å²) in [7, 11) is 0. The lowest BCUT2D eigenvalue weighted by atomic mass is 10.9. The maximum atomic E-state index is 9.98. The zero-order chi connectivity index (χ0) is 7.98. The lowest BCUT2D eigenvalue weighted by Crippen LogP contribution is -2.03. The van der Waals surface area contributed by atoms with Crippen LogP contribution in [0.4, 0.5) is 4.79 Å². The Balaban J connectivity index is 0.000000371. The first kappa shape index (κ1) is 8.68. The standard InChI is InChI=1S/C4H4N2O2.C2H6/c7-4(8)6-2-1-5-3-6;1-2/h1-3H,(H,7,8);1-2H3. The van der Waals surface area contributed by atoms with E-state index in [0.29, 0.717) is 0 Å². The second kappa shape index (κ2) is 4.55. The topological polar surface area (TPSA) is 55.1 Å². The van der Waals surface area contributed by atoms with Crippen molar-refractivity contribution in [3.8, 4) is 0 Å². The predicted octanol–water partition coefficient (Wildman–Crippen LogP) is 1.44. The second-order valence-corrected chi connectivity index (χ2v) is 1.25. The van der Waals surface area contributed by atoms with Crippen molar-refractivity contribution in [1.29, 1.82) is 0 Å². The number of aromatic nitrogens is 2. The van der Waals surface area contributed by atoms with Crippen LogP contribution in [0.5, 0.6) is 0 Å². The number of hydrogen-bond donors (Lipinski definition) is 1.